The van der Waals surface area contributed by atoms with Crippen molar-refractivity contribution in [2.45, 2.75) is 39.7 Å². The van der Waals surface area contributed by atoms with E-state index in [0.29, 0.717) is 19.4 Å². The van der Waals surface area contributed by atoms with Crippen molar-refractivity contribution in [3.8, 4) is 6.07 Å². The SMILES string of the molecule is CC(C)(C#N)CCC(=O)OCCc1ccc(CO)cc1. The molecule has 0 aliphatic carbocycles. The van der Waals surface area contributed by atoms with Crippen LogP contribution in [0.1, 0.15) is 37.8 Å². The Bertz CT molecular complexity index is 471. The maximum Gasteiger partial charge on any atom is 0.305 e. The average molecular weight is 275 g/mol. The molecule has 0 spiro atoms. The summed E-state index contributed by atoms with van der Waals surface area (Å²) in [4.78, 5) is 11.5. The van der Waals surface area contributed by atoms with Crippen LogP contribution in [-0.2, 0) is 22.6 Å². The first kappa shape index (κ1) is 16.2. The van der Waals surface area contributed by atoms with E-state index in [1.165, 1.54) is 0 Å². The molecule has 0 bridgehead atoms. The predicted octanol–water partition coefficient (Wildman–Crippen LogP) is 2.59. The number of carbonyl (C=O) groups is 1. The lowest BCUT2D eigenvalue weighted by molar-refractivity contribution is -0.144. The summed E-state index contributed by atoms with van der Waals surface area (Å²) in [5.74, 6) is -0.264. The molecule has 20 heavy (non-hydrogen) atoms. The van der Waals surface area contributed by atoms with E-state index in [1.807, 2.05) is 38.1 Å². The normalized spacial score (nSPS) is 10.9. The molecule has 0 radical (unpaired) electrons. The Kier molecular flexibility index (Phi) is 6.20. The minimum atomic E-state index is -0.487. The smallest absolute Gasteiger partial charge is 0.305 e. The quantitative estimate of drug-likeness (QED) is 0.776. The predicted molar refractivity (Wildman–Crippen MR) is 75.7 cm³/mol. The van der Waals surface area contributed by atoms with E-state index in [9.17, 15) is 4.79 Å². The van der Waals surface area contributed by atoms with Gasteiger partial charge in [0.25, 0.3) is 0 Å². The molecule has 4 nitrogen and oxygen atoms in total. The number of aliphatic hydroxyl groups excluding tert-OH is 1. The van der Waals surface area contributed by atoms with Gasteiger partial charge in [-0.15, -0.1) is 0 Å². The molecule has 108 valence electrons. The summed E-state index contributed by atoms with van der Waals surface area (Å²) in [6.07, 6.45) is 1.43. The van der Waals surface area contributed by atoms with Gasteiger partial charge in [-0.25, -0.2) is 0 Å². The Labute approximate surface area is 120 Å². The summed E-state index contributed by atoms with van der Waals surface area (Å²) in [6.45, 7) is 3.99. The van der Waals surface area contributed by atoms with E-state index in [2.05, 4.69) is 6.07 Å². The summed E-state index contributed by atoms with van der Waals surface area (Å²) in [5.41, 5.74) is 1.44. The molecule has 0 fully saturated rings. The van der Waals surface area contributed by atoms with Gasteiger partial charge in [-0.05, 0) is 31.4 Å². The second kappa shape index (κ2) is 7.66. The first-order valence-electron chi connectivity index (χ1n) is 6.72. The van der Waals surface area contributed by atoms with E-state index >= 15 is 0 Å². The third-order valence-corrected chi connectivity index (χ3v) is 3.12. The summed E-state index contributed by atoms with van der Waals surface area (Å²) in [6, 6.07) is 9.70. The number of rotatable bonds is 7. The molecule has 0 atom stereocenters. The zero-order valence-electron chi connectivity index (χ0n) is 12.1. The van der Waals surface area contributed by atoms with E-state index < -0.39 is 5.41 Å². The van der Waals surface area contributed by atoms with E-state index in [4.69, 9.17) is 15.1 Å². The van der Waals surface area contributed by atoms with Crippen molar-refractivity contribution in [2.24, 2.45) is 5.41 Å². The molecule has 0 amide bonds. The van der Waals surface area contributed by atoms with Crippen LogP contribution in [0.5, 0.6) is 0 Å². The number of carbonyl (C=O) groups excluding carboxylic acids is 1. The van der Waals surface area contributed by atoms with Gasteiger partial charge in [-0.3, -0.25) is 4.79 Å². The lowest BCUT2D eigenvalue weighted by Gasteiger charge is -2.13. The van der Waals surface area contributed by atoms with Gasteiger partial charge in [0.05, 0.1) is 24.7 Å². The number of nitrogens with zero attached hydrogens (tertiary/aromatic N) is 1. The number of aliphatic hydroxyl groups is 1. The Balaban J connectivity index is 2.26. The summed E-state index contributed by atoms with van der Waals surface area (Å²) >= 11 is 0. The summed E-state index contributed by atoms with van der Waals surface area (Å²) in [5, 5.41) is 17.8. The lowest BCUT2D eigenvalue weighted by atomic mass is 9.90. The standard InChI is InChI=1S/C16H21NO3/c1-16(2,12-17)9-7-15(19)20-10-8-13-3-5-14(11-18)6-4-13/h3-6,18H,7-11H2,1-2H3. The molecule has 1 aromatic carbocycles. The van der Waals surface area contributed by atoms with Gasteiger partial charge in [-0.2, -0.15) is 5.26 Å². The van der Waals surface area contributed by atoms with Gasteiger partial charge < -0.3 is 9.84 Å². The van der Waals surface area contributed by atoms with Crippen LogP contribution in [-0.4, -0.2) is 17.7 Å². The molecule has 4 heteroatoms. The zero-order chi connectivity index (χ0) is 15.0. The van der Waals surface area contributed by atoms with Gasteiger partial charge in [0.15, 0.2) is 0 Å². The van der Waals surface area contributed by atoms with Crippen LogP contribution in [0.3, 0.4) is 0 Å². The topological polar surface area (TPSA) is 70.3 Å². The molecule has 0 unspecified atom stereocenters. The number of esters is 1. The van der Waals surface area contributed by atoms with Crippen LogP contribution in [0.25, 0.3) is 0 Å². The molecule has 0 aromatic heterocycles. The number of hydrogen-bond donors (Lipinski definition) is 1. The van der Waals surface area contributed by atoms with Crippen LogP contribution in [0, 0.1) is 16.7 Å². The first-order valence-corrected chi connectivity index (χ1v) is 6.72. The van der Waals surface area contributed by atoms with Gasteiger partial charge >= 0.3 is 5.97 Å². The Morgan fingerprint density at radius 1 is 1.30 bits per heavy atom. The van der Waals surface area contributed by atoms with Crippen molar-refractivity contribution in [1.29, 1.82) is 5.26 Å². The van der Waals surface area contributed by atoms with Gasteiger partial charge in [0.2, 0.25) is 0 Å². The van der Waals surface area contributed by atoms with Gasteiger partial charge in [0, 0.05) is 12.8 Å². The van der Waals surface area contributed by atoms with Crippen molar-refractivity contribution in [3.63, 3.8) is 0 Å². The van der Waals surface area contributed by atoms with Crippen LogP contribution in [0.4, 0.5) is 0 Å². The Hall–Kier alpha value is -1.86. The van der Waals surface area contributed by atoms with E-state index in [0.717, 1.165) is 11.1 Å². The fraction of sp³-hybridized carbons (Fsp3) is 0.500. The maximum atomic E-state index is 11.5. The Morgan fingerprint density at radius 2 is 1.90 bits per heavy atom. The molecule has 1 aromatic rings. The molecule has 0 heterocycles. The van der Waals surface area contributed by atoms with Crippen LogP contribution >= 0.6 is 0 Å². The average Bonchev–Trinajstić information content (AvgIpc) is 2.46. The highest BCUT2D eigenvalue weighted by atomic mass is 16.5. The summed E-state index contributed by atoms with van der Waals surface area (Å²) < 4.78 is 5.14. The van der Waals surface area contributed by atoms with Crippen LogP contribution < -0.4 is 0 Å². The van der Waals surface area contributed by atoms with Crippen molar-refractivity contribution >= 4 is 5.97 Å². The van der Waals surface area contributed by atoms with Crippen LogP contribution in [0.15, 0.2) is 24.3 Å². The molecule has 0 aliphatic rings. The number of nitriles is 1. The molecule has 0 saturated heterocycles. The fourth-order valence-corrected chi connectivity index (χ4v) is 1.64. The highest BCUT2D eigenvalue weighted by Crippen LogP contribution is 2.20. The van der Waals surface area contributed by atoms with Crippen LogP contribution in [0.2, 0.25) is 0 Å². The fourth-order valence-electron chi connectivity index (χ4n) is 1.64. The molecular formula is C16H21NO3. The van der Waals surface area contributed by atoms with Crippen molar-refractivity contribution in [2.75, 3.05) is 6.61 Å². The summed E-state index contributed by atoms with van der Waals surface area (Å²) in [7, 11) is 0. The number of hydrogen-bond acceptors (Lipinski definition) is 4. The molecule has 0 aliphatic heterocycles. The second-order valence-electron chi connectivity index (χ2n) is 5.44. The Morgan fingerprint density at radius 3 is 2.45 bits per heavy atom. The van der Waals surface area contributed by atoms with E-state index in [1.54, 1.807) is 0 Å². The van der Waals surface area contributed by atoms with E-state index in [-0.39, 0.29) is 19.0 Å². The molecule has 1 N–H and O–H groups in total. The van der Waals surface area contributed by atoms with Crippen molar-refractivity contribution in [3.05, 3.63) is 35.4 Å². The third kappa shape index (κ3) is 5.85. The molecule has 1 rings (SSSR count). The zero-order valence-corrected chi connectivity index (χ0v) is 12.1. The minimum Gasteiger partial charge on any atom is -0.465 e. The van der Waals surface area contributed by atoms with Crippen molar-refractivity contribution in [1.82, 2.24) is 0 Å². The first-order chi connectivity index (χ1) is 9.46. The van der Waals surface area contributed by atoms with Gasteiger partial charge in [0.1, 0.15) is 0 Å². The largest absolute Gasteiger partial charge is 0.465 e. The lowest BCUT2D eigenvalue weighted by Crippen LogP contribution is -2.13. The third-order valence-electron chi connectivity index (χ3n) is 3.12. The maximum absolute atomic E-state index is 11.5. The molecule has 0 saturated carbocycles. The van der Waals surface area contributed by atoms with Crippen molar-refractivity contribution < 1.29 is 14.6 Å². The number of ether oxygens (including phenoxy) is 1. The highest BCUT2D eigenvalue weighted by molar-refractivity contribution is 5.69. The van der Waals surface area contributed by atoms with Gasteiger partial charge in [-0.1, -0.05) is 24.3 Å². The molecular weight excluding hydrogens is 254 g/mol. The highest BCUT2D eigenvalue weighted by Gasteiger charge is 2.18. The monoisotopic (exact) mass is 275 g/mol. The number of benzene rings is 1. The minimum absolute atomic E-state index is 0.0317. The second-order valence-corrected chi connectivity index (χ2v) is 5.44.